The van der Waals surface area contributed by atoms with E-state index in [0.717, 1.165) is 37.7 Å². The maximum absolute atomic E-state index is 5.90. The van der Waals surface area contributed by atoms with Gasteiger partial charge >= 0.3 is 0 Å². The second-order valence-corrected chi connectivity index (χ2v) is 6.06. The first kappa shape index (κ1) is 21.0. The van der Waals surface area contributed by atoms with Crippen molar-refractivity contribution in [3.8, 4) is 5.75 Å². The van der Waals surface area contributed by atoms with Crippen molar-refractivity contribution in [1.29, 1.82) is 0 Å². The van der Waals surface area contributed by atoms with Gasteiger partial charge in [0.1, 0.15) is 12.4 Å². The first-order valence-electron chi connectivity index (χ1n) is 8.48. The Balaban J connectivity index is 0.00000288. The van der Waals surface area contributed by atoms with Crippen LogP contribution in [0.5, 0.6) is 5.75 Å². The molecule has 5 nitrogen and oxygen atoms in total. The zero-order chi connectivity index (χ0) is 16.5. The predicted molar refractivity (Wildman–Crippen MR) is 110 cm³/mol. The number of rotatable bonds is 7. The lowest BCUT2D eigenvalue weighted by molar-refractivity contribution is 0.114. The fourth-order valence-corrected chi connectivity index (χ4v) is 2.66. The van der Waals surface area contributed by atoms with Gasteiger partial charge in [0.15, 0.2) is 5.96 Å². The zero-order valence-electron chi connectivity index (χ0n) is 14.9. The molecule has 0 aliphatic carbocycles. The molecule has 1 saturated heterocycles. The summed E-state index contributed by atoms with van der Waals surface area (Å²) in [5.41, 5.74) is 1.24. The fraction of sp³-hybridized carbons (Fsp3) is 0.611. The lowest BCUT2D eigenvalue weighted by Gasteiger charge is -2.16. The number of nitrogens with one attached hydrogen (secondary N) is 2. The highest BCUT2D eigenvalue weighted by Crippen LogP contribution is 2.25. The molecule has 6 heteroatoms. The Morgan fingerprint density at radius 1 is 1.33 bits per heavy atom. The van der Waals surface area contributed by atoms with Crippen LogP contribution in [0.3, 0.4) is 0 Å². The van der Waals surface area contributed by atoms with Crippen LogP contribution in [0.1, 0.15) is 38.2 Å². The summed E-state index contributed by atoms with van der Waals surface area (Å²) < 4.78 is 11.5. The Labute approximate surface area is 162 Å². The molecule has 1 aliphatic heterocycles. The number of nitrogens with zero attached hydrogens (tertiary/aromatic N) is 1. The Morgan fingerprint density at radius 3 is 2.79 bits per heavy atom. The van der Waals surface area contributed by atoms with Crippen LogP contribution < -0.4 is 15.4 Å². The van der Waals surface area contributed by atoms with Gasteiger partial charge in [-0.2, -0.15) is 0 Å². The lowest BCUT2D eigenvalue weighted by atomic mass is 10.0. The Kier molecular flexibility index (Phi) is 10.1. The number of para-hydroxylation sites is 1. The molecule has 0 spiro atoms. The van der Waals surface area contributed by atoms with Crippen molar-refractivity contribution in [2.45, 2.75) is 38.7 Å². The van der Waals surface area contributed by atoms with E-state index in [1.54, 1.807) is 7.05 Å². The van der Waals surface area contributed by atoms with Gasteiger partial charge in [-0.05, 0) is 30.4 Å². The van der Waals surface area contributed by atoms with Gasteiger partial charge in [-0.1, -0.05) is 32.0 Å². The molecule has 0 saturated carbocycles. The first-order valence-corrected chi connectivity index (χ1v) is 8.48. The molecule has 1 unspecified atom stereocenters. The van der Waals surface area contributed by atoms with Gasteiger partial charge in [0, 0.05) is 20.2 Å². The topological polar surface area (TPSA) is 54.9 Å². The van der Waals surface area contributed by atoms with Gasteiger partial charge in [0.05, 0.1) is 12.6 Å². The van der Waals surface area contributed by atoms with Crippen LogP contribution in [-0.2, 0) is 4.74 Å². The Morgan fingerprint density at radius 2 is 2.12 bits per heavy atom. The van der Waals surface area contributed by atoms with E-state index in [1.165, 1.54) is 5.56 Å². The average Bonchev–Trinajstić information content (AvgIpc) is 3.08. The Hall–Kier alpha value is -1.02. The lowest BCUT2D eigenvalue weighted by Crippen LogP contribution is -2.42. The van der Waals surface area contributed by atoms with Gasteiger partial charge in [0.2, 0.25) is 0 Å². The third-order valence-corrected chi connectivity index (χ3v) is 3.94. The van der Waals surface area contributed by atoms with Crippen LogP contribution >= 0.6 is 24.0 Å². The smallest absolute Gasteiger partial charge is 0.191 e. The number of ether oxygens (including phenoxy) is 2. The molecule has 1 fully saturated rings. The Bertz CT molecular complexity index is 503. The highest BCUT2D eigenvalue weighted by Gasteiger charge is 2.15. The van der Waals surface area contributed by atoms with E-state index in [1.807, 2.05) is 12.1 Å². The molecule has 0 aromatic heterocycles. The number of benzene rings is 1. The van der Waals surface area contributed by atoms with Crippen molar-refractivity contribution in [3.05, 3.63) is 29.8 Å². The van der Waals surface area contributed by atoms with E-state index in [4.69, 9.17) is 9.47 Å². The van der Waals surface area contributed by atoms with E-state index in [-0.39, 0.29) is 24.0 Å². The standard InChI is InChI=1S/C18H29N3O2.HI/c1-14(2)16-8-4-5-9-17(16)23-12-10-20-18(19-3)21-13-15-7-6-11-22-15;/h4-5,8-9,14-15H,6-7,10-13H2,1-3H3,(H2,19,20,21);1H. The molecule has 0 amide bonds. The molecule has 1 heterocycles. The summed E-state index contributed by atoms with van der Waals surface area (Å²) in [6, 6.07) is 8.21. The van der Waals surface area contributed by atoms with Crippen LogP contribution in [0.25, 0.3) is 0 Å². The van der Waals surface area contributed by atoms with E-state index >= 15 is 0 Å². The molecule has 1 aromatic rings. The molecular weight excluding hydrogens is 417 g/mol. The van der Waals surface area contributed by atoms with Crippen molar-refractivity contribution in [3.63, 3.8) is 0 Å². The average molecular weight is 447 g/mol. The monoisotopic (exact) mass is 447 g/mol. The van der Waals surface area contributed by atoms with Gasteiger partial charge in [-0.25, -0.2) is 0 Å². The minimum Gasteiger partial charge on any atom is -0.491 e. The van der Waals surface area contributed by atoms with Gasteiger partial charge in [0.25, 0.3) is 0 Å². The predicted octanol–water partition coefficient (Wildman–Crippen LogP) is 3.15. The normalized spacial score (nSPS) is 17.5. The van der Waals surface area contributed by atoms with E-state index < -0.39 is 0 Å². The molecule has 2 N–H and O–H groups in total. The van der Waals surface area contributed by atoms with Crippen molar-refractivity contribution < 1.29 is 9.47 Å². The largest absolute Gasteiger partial charge is 0.491 e. The van der Waals surface area contributed by atoms with Crippen molar-refractivity contribution in [1.82, 2.24) is 10.6 Å². The van der Waals surface area contributed by atoms with Crippen LogP contribution in [0.2, 0.25) is 0 Å². The van der Waals surface area contributed by atoms with Gasteiger partial charge < -0.3 is 20.1 Å². The number of hydrogen-bond acceptors (Lipinski definition) is 3. The molecule has 1 aromatic carbocycles. The molecule has 136 valence electrons. The molecule has 24 heavy (non-hydrogen) atoms. The van der Waals surface area contributed by atoms with Gasteiger partial charge in [-0.3, -0.25) is 4.99 Å². The van der Waals surface area contributed by atoms with Crippen LogP contribution in [0.4, 0.5) is 0 Å². The molecule has 0 bridgehead atoms. The van der Waals surface area contributed by atoms with Crippen molar-refractivity contribution in [2.24, 2.45) is 4.99 Å². The quantitative estimate of drug-likeness (QED) is 0.292. The minimum atomic E-state index is 0. The summed E-state index contributed by atoms with van der Waals surface area (Å²) in [5.74, 6) is 2.22. The van der Waals surface area contributed by atoms with Crippen molar-refractivity contribution >= 4 is 29.9 Å². The molecular formula is C18H30IN3O2. The number of halogens is 1. The highest BCUT2D eigenvalue weighted by atomic mass is 127. The highest BCUT2D eigenvalue weighted by molar-refractivity contribution is 14.0. The number of guanidine groups is 1. The van der Waals surface area contributed by atoms with E-state index in [2.05, 4.69) is 41.6 Å². The van der Waals surface area contributed by atoms with E-state index in [9.17, 15) is 0 Å². The summed E-state index contributed by atoms with van der Waals surface area (Å²) in [6.07, 6.45) is 2.59. The minimum absolute atomic E-state index is 0. The number of hydrogen-bond donors (Lipinski definition) is 2. The summed E-state index contributed by atoms with van der Waals surface area (Å²) in [4.78, 5) is 4.22. The van der Waals surface area contributed by atoms with Crippen LogP contribution in [0, 0.1) is 0 Å². The fourth-order valence-electron chi connectivity index (χ4n) is 2.66. The van der Waals surface area contributed by atoms with Crippen LogP contribution in [-0.4, -0.2) is 45.4 Å². The third-order valence-electron chi connectivity index (χ3n) is 3.94. The molecule has 0 radical (unpaired) electrons. The van der Waals surface area contributed by atoms with E-state index in [0.29, 0.717) is 25.2 Å². The second-order valence-electron chi connectivity index (χ2n) is 6.06. The maximum Gasteiger partial charge on any atom is 0.191 e. The van der Waals surface area contributed by atoms with Crippen molar-refractivity contribution in [2.75, 3.05) is 33.4 Å². The maximum atomic E-state index is 5.90. The molecule has 2 rings (SSSR count). The molecule has 1 aliphatic rings. The summed E-state index contributed by atoms with van der Waals surface area (Å²) in [7, 11) is 1.78. The molecule has 1 atom stereocenters. The summed E-state index contributed by atoms with van der Waals surface area (Å²) >= 11 is 0. The third kappa shape index (κ3) is 6.84. The number of aliphatic imine (C=N–C) groups is 1. The first-order chi connectivity index (χ1) is 11.2. The SMILES string of the molecule is CN=C(NCCOc1ccccc1C(C)C)NCC1CCCO1.I. The zero-order valence-corrected chi connectivity index (χ0v) is 17.2. The summed E-state index contributed by atoms with van der Waals surface area (Å²) in [5, 5.41) is 6.57. The van der Waals surface area contributed by atoms with Crippen LogP contribution in [0.15, 0.2) is 29.3 Å². The van der Waals surface area contributed by atoms with Gasteiger partial charge in [-0.15, -0.1) is 24.0 Å². The summed E-state index contributed by atoms with van der Waals surface area (Å²) in [6.45, 7) is 7.34. The second kappa shape index (κ2) is 11.5.